The number of rotatable bonds is 52. The van der Waals surface area contributed by atoms with E-state index in [1.165, 1.54) is 36.5 Å². The Balaban J connectivity index is 7.23. The molecule has 0 spiro atoms. The fourth-order valence-corrected chi connectivity index (χ4v) is 6.67. The van der Waals surface area contributed by atoms with Crippen molar-refractivity contribution in [2.45, 2.75) is 78.2 Å². The van der Waals surface area contributed by atoms with Crippen molar-refractivity contribution in [3.8, 4) is 0 Å². The molecule has 0 aromatic carbocycles. The van der Waals surface area contributed by atoms with Gasteiger partial charge in [0.1, 0.15) is 76.3 Å². The zero-order chi connectivity index (χ0) is 63.8. The van der Waals surface area contributed by atoms with E-state index in [1.807, 2.05) is 0 Å². The molecule has 85 heavy (non-hydrogen) atoms. The number of allylic oxidation sites excluding steroid dienone is 6. The van der Waals surface area contributed by atoms with Crippen LogP contribution >= 0.6 is 0 Å². The molecule has 0 saturated carbocycles. The van der Waals surface area contributed by atoms with Gasteiger partial charge in [-0.05, 0) is 41.5 Å². The van der Waals surface area contributed by atoms with Crippen molar-refractivity contribution in [1.82, 2.24) is 0 Å². The Kier molecular flexibility index (Phi) is 45.6. The van der Waals surface area contributed by atoms with E-state index in [4.69, 9.17) is 66.3 Å². The van der Waals surface area contributed by atoms with Gasteiger partial charge in [0.2, 0.25) is 0 Å². The van der Waals surface area contributed by atoms with Crippen LogP contribution in [-0.4, -0.2) is 272 Å². The van der Waals surface area contributed by atoms with E-state index in [0.29, 0.717) is 0 Å². The van der Waals surface area contributed by atoms with Gasteiger partial charge in [0.25, 0.3) is 0 Å². The molecule has 0 aliphatic carbocycles. The predicted molar refractivity (Wildman–Crippen MR) is 299 cm³/mol. The van der Waals surface area contributed by atoms with Crippen molar-refractivity contribution in [2.24, 2.45) is 16.2 Å². The number of carbonyl (C=O) groups is 6. The molecule has 488 valence electrons. The largest absolute Gasteiger partial charge is 0.460 e. The third-order valence-corrected chi connectivity index (χ3v) is 10.9. The number of carbonyl (C=O) groups excluding carboxylic acids is 6. The Morgan fingerprint density at radius 2 is 0.424 bits per heavy atom. The fraction of sp³-hybridized carbons (Fsp3) is 0.684. The van der Waals surface area contributed by atoms with E-state index in [1.54, 1.807) is 41.5 Å². The molecule has 0 aromatic rings. The van der Waals surface area contributed by atoms with Gasteiger partial charge in [-0.15, -0.1) is 0 Å². The van der Waals surface area contributed by atoms with Crippen LogP contribution in [0.15, 0.2) is 72.9 Å². The summed E-state index contributed by atoms with van der Waals surface area (Å²) in [6.45, 7) is -1.39. The topological polar surface area (TPSA) is 393 Å². The Bertz CT molecular complexity index is 1880. The first-order chi connectivity index (χ1) is 40.6. The molecule has 0 bridgehead atoms. The third kappa shape index (κ3) is 40.6. The Labute approximate surface area is 496 Å². The summed E-state index contributed by atoms with van der Waals surface area (Å²) in [7, 11) is 0. The zero-order valence-corrected chi connectivity index (χ0v) is 49.6. The van der Waals surface area contributed by atoms with Crippen LogP contribution in [0.1, 0.15) is 41.5 Å². The second-order valence-corrected chi connectivity index (χ2v) is 19.6. The van der Waals surface area contributed by atoms with Crippen molar-refractivity contribution in [1.29, 1.82) is 0 Å². The Morgan fingerprint density at radius 3 is 0.588 bits per heavy atom. The monoisotopic (exact) mass is 1220 g/mol. The van der Waals surface area contributed by atoms with Crippen LogP contribution in [0.4, 0.5) is 0 Å². The molecular weight excluding hydrogens is 1130 g/mol. The molecule has 0 rings (SSSR count). The highest BCUT2D eigenvalue weighted by atomic mass is 16.6. The smallest absolute Gasteiger partial charge is 0.330 e. The van der Waals surface area contributed by atoms with Gasteiger partial charge in [-0.1, -0.05) is 36.5 Å². The van der Waals surface area contributed by atoms with Gasteiger partial charge < -0.3 is 107 Å². The molecule has 8 N–H and O–H groups in total. The molecule has 0 aliphatic heterocycles. The minimum absolute atomic E-state index is 0.387. The van der Waals surface area contributed by atoms with Crippen LogP contribution in [0.2, 0.25) is 0 Å². The van der Waals surface area contributed by atoms with Crippen molar-refractivity contribution < 1.29 is 136 Å². The number of esters is 6. The van der Waals surface area contributed by atoms with Gasteiger partial charge in [-0.25, -0.2) is 28.8 Å². The second-order valence-electron chi connectivity index (χ2n) is 19.6. The zero-order valence-electron chi connectivity index (χ0n) is 49.6. The first-order valence-corrected chi connectivity index (χ1v) is 27.3. The number of aliphatic hydroxyl groups is 8. The molecule has 0 aromatic heterocycles. The maximum Gasteiger partial charge on any atom is 0.330 e. The van der Waals surface area contributed by atoms with E-state index in [9.17, 15) is 69.6 Å². The minimum atomic E-state index is -1.59. The van der Waals surface area contributed by atoms with Crippen molar-refractivity contribution in [3.63, 3.8) is 0 Å². The molecule has 0 amide bonds. The number of aliphatic hydroxyl groups excluding tert-OH is 8. The number of ether oxygens (including phenoxy) is 14. The molecule has 0 heterocycles. The lowest BCUT2D eigenvalue weighted by Crippen LogP contribution is -2.48. The summed E-state index contributed by atoms with van der Waals surface area (Å²) < 4.78 is 78.0. The molecule has 7 atom stereocenters. The van der Waals surface area contributed by atoms with E-state index in [0.717, 1.165) is 36.5 Å². The quantitative estimate of drug-likeness (QED) is 0.0204. The summed E-state index contributed by atoms with van der Waals surface area (Å²) >= 11 is 0. The van der Waals surface area contributed by atoms with Crippen LogP contribution < -0.4 is 0 Å². The van der Waals surface area contributed by atoms with Gasteiger partial charge in [-0.2, -0.15) is 0 Å². The highest BCUT2D eigenvalue weighted by Gasteiger charge is 2.39. The standard InChI is InChI=1S/C57H92O28/c1-7-13-49(66)80-25-43(60)19-72-33-55(31-58,34-73-20-44(61)26-81-50(67)14-8-2)36-78-37-56(32-59,35-74-21-45(62)27-82-51(68)15-9-3)38-79-42-57(39-75-22-46(63)28-83-52(69)16-10-4,40-76-23-47(64)29-84-53(70)17-11-5)41-77-24-48(65)30-85-54(71)18-12-6/h7-18,43-48,58-65H,19-42H2,1-6H3. The summed E-state index contributed by atoms with van der Waals surface area (Å²) in [4.78, 5) is 71.6. The van der Waals surface area contributed by atoms with E-state index in [-0.39, 0.29) is 33.0 Å². The fourth-order valence-electron chi connectivity index (χ4n) is 6.67. The second kappa shape index (κ2) is 48.7. The summed E-state index contributed by atoms with van der Waals surface area (Å²) in [6.07, 6.45) is 7.46. The average Bonchev–Trinajstić information content (AvgIpc) is 3.67. The lowest BCUT2D eigenvalue weighted by Gasteiger charge is -2.37. The Hall–Kier alpha value is -5.38. The lowest BCUT2D eigenvalue weighted by atomic mass is 9.89. The highest BCUT2D eigenvalue weighted by Crippen LogP contribution is 2.27. The van der Waals surface area contributed by atoms with Gasteiger partial charge in [-0.3, -0.25) is 0 Å². The molecule has 7 unspecified atom stereocenters. The molecule has 0 fully saturated rings. The lowest BCUT2D eigenvalue weighted by molar-refractivity contribution is -0.163. The first kappa shape index (κ1) is 79.6. The molecule has 28 heteroatoms. The van der Waals surface area contributed by atoms with Crippen LogP contribution in [-0.2, 0) is 95.1 Å². The van der Waals surface area contributed by atoms with E-state index in [2.05, 4.69) is 0 Å². The molecular formula is C57H92O28. The third-order valence-electron chi connectivity index (χ3n) is 10.9. The normalized spacial score (nSPS) is 16.4. The van der Waals surface area contributed by atoms with Crippen molar-refractivity contribution >= 4 is 35.8 Å². The molecule has 0 aliphatic rings. The van der Waals surface area contributed by atoms with E-state index < -0.39 is 214 Å². The van der Waals surface area contributed by atoms with Crippen LogP contribution in [0.3, 0.4) is 0 Å². The van der Waals surface area contributed by atoms with Crippen molar-refractivity contribution in [3.05, 3.63) is 72.9 Å². The van der Waals surface area contributed by atoms with Gasteiger partial charge in [0, 0.05) is 36.5 Å². The maximum absolute atomic E-state index is 12.0. The molecule has 0 saturated heterocycles. The van der Waals surface area contributed by atoms with Gasteiger partial charge in [0.15, 0.2) is 0 Å². The first-order valence-electron chi connectivity index (χ1n) is 27.3. The van der Waals surface area contributed by atoms with Gasteiger partial charge in [0.05, 0.1) is 135 Å². The van der Waals surface area contributed by atoms with Crippen LogP contribution in [0, 0.1) is 16.2 Å². The average molecular weight is 1230 g/mol. The number of hydrogen-bond acceptors (Lipinski definition) is 28. The van der Waals surface area contributed by atoms with Gasteiger partial charge >= 0.3 is 35.8 Å². The SMILES string of the molecule is CC=CC(=O)OCC(O)COCC(CO)(COCC(O)COC(=O)C=CC)COCC(CO)(COCC(O)COC(=O)C=CC)COCC(COCC(O)COC(=O)C=CC)(COCC(O)COC(=O)C=CC)COCC(O)COC(=O)C=CC. The Morgan fingerprint density at radius 1 is 0.271 bits per heavy atom. The summed E-state index contributed by atoms with van der Waals surface area (Å²) in [5.41, 5.74) is -4.57. The van der Waals surface area contributed by atoms with Crippen LogP contribution in [0.5, 0.6) is 0 Å². The van der Waals surface area contributed by atoms with Crippen molar-refractivity contribution in [2.75, 3.05) is 159 Å². The predicted octanol–water partition coefficient (Wildman–Crippen LogP) is -1.06. The molecule has 0 radical (unpaired) electrons. The minimum Gasteiger partial charge on any atom is -0.460 e. The number of hydrogen-bond donors (Lipinski definition) is 8. The van der Waals surface area contributed by atoms with Crippen LogP contribution in [0.25, 0.3) is 0 Å². The summed E-state index contributed by atoms with van der Waals surface area (Å²) in [5.74, 6) is -4.33. The highest BCUT2D eigenvalue weighted by molar-refractivity contribution is 5.83. The summed E-state index contributed by atoms with van der Waals surface area (Å²) in [5, 5.41) is 86.0. The molecule has 28 nitrogen and oxygen atoms in total. The maximum atomic E-state index is 12.0. The van der Waals surface area contributed by atoms with E-state index >= 15 is 0 Å². The summed E-state index contributed by atoms with van der Waals surface area (Å²) in [6, 6.07) is 0.